The van der Waals surface area contributed by atoms with E-state index in [0.29, 0.717) is 13.0 Å². The normalized spacial score (nSPS) is 11.9. The number of hydrogen-bond acceptors (Lipinski definition) is 4. The van der Waals surface area contributed by atoms with Crippen LogP contribution >= 0.6 is 23.2 Å². The van der Waals surface area contributed by atoms with Crippen LogP contribution < -0.4 is 9.62 Å². The van der Waals surface area contributed by atoms with Crippen LogP contribution in [0.5, 0.6) is 0 Å². The fourth-order valence-corrected chi connectivity index (χ4v) is 6.72. The lowest BCUT2D eigenvalue weighted by Gasteiger charge is -2.34. The molecule has 1 unspecified atom stereocenters. The number of halogens is 2. The lowest BCUT2D eigenvalue weighted by atomic mass is 10.0. The van der Waals surface area contributed by atoms with E-state index in [1.807, 2.05) is 68.4 Å². The minimum atomic E-state index is -4.28. The summed E-state index contributed by atoms with van der Waals surface area (Å²) in [4.78, 5) is 29.6. The number of rotatable bonds is 13. The van der Waals surface area contributed by atoms with Gasteiger partial charge in [0.2, 0.25) is 11.8 Å². The molecule has 0 spiro atoms. The summed E-state index contributed by atoms with van der Waals surface area (Å²) < 4.78 is 29.1. The Morgan fingerprint density at radius 1 is 0.841 bits per heavy atom. The molecule has 0 saturated heterocycles. The van der Waals surface area contributed by atoms with Gasteiger partial charge in [-0.15, -0.1) is 0 Å². The van der Waals surface area contributed by atoms with Gasteiger partial charge in [0.1, 0.15) is 12.6 Å². The predicted octanol–water partition coefficient (Wildman–Crippen LogP) is 6.66. The molecule has 1 atom stereocenters. The number of nitrogens with one attached hydrogen (secondary N) is 1. The van der Waals surface area contributed by atoms with Crippen molar-refractivity contribution in [2.45, 2.75) is 44.2 Å². The zero-order chi connectivity index (χ0) is 31.7. The van der Waals surface area contributed by atoms with Crippen molar-refractivity contribution in [2.75, 3.05) is 17.4 Å². The molecule has 0 aliphatic carbocycles. The number of carbonyl (C=O) groups is 2. The third kappa shape index (κ3) is 8.40. The maximum Gasteiger partial charge on any atom is 0.264 e. The Bertz CT molecular complexity index is 1690. The molecule has 0 aromatic heterocycles. The Kier molecular flexibility index (Phi) is 11.4. The Labute approximate surface area is 269 Å². The van der Waals surface area contributed by atoms with E-state index in [1.165, 1.54) is 29.2 Å². The van der Waals surface area contributed by atoms with E-state index < -0.39 is 28.5 Å². The maximum atomic E-state index is 14.5. The van der Waals surface area contributed by atoms with Crippen molar-refractivity contribution in [1.82, 2.24) is 10.2 Å². The van der Waals surface area contributed by atoms with Crippen LogP contribution in [0.3, 0.4) is 0 Å². The number of anilines is 1. The topological polar surface area (TPSA) is 86.8 Å². The minimum absolute atomic E-state index is 0.0180. The molecule has 10 heteroatoms. The second-order valence-electron chi connectivity index (χ2n) is 10.4. The fraction of sp³-hybridized carbons (Fsp3) is 0.235. The molecule has 44 heavy (non-hydrogen) atoms. The molecule has 4 aromatic carbocycles. The minimum Gasteiger partial charge on any atom is -0.354 e. The highest BCUT2D eigenvalue weighted by Crippen LogP contribution is 2.33. The van der Waals surface area contributed by atoms with Gasteiger partial charge < -0.3 is 10.2 Å². The van der Waals surface area contributed by atoms with Crippen LogP contribution in [0.15, 0.2) is 108 Å². The molecule has 0 aliphatic rings. The first-order valence-electron chi connectivity index (χ1n) is 14.3. The maximum absolute atomic E-state index is 14.5. The van der Waals surface area contributed by atoms with Crippen LogP contribution in [0.4, 0.5) is 5.69 Å². The number of nitrogens with zero attached hydrogens (tertiary/aromatic N) is 2. The zero-order valence-electron chi connectivity index (χ0n) is 24.6. The first-order chi connectivity index (χ1) is 21.1. The fourth-order valence-electron chi connectivity index (χ4n) is 4.84. The molecule has 1 N–H and O–H groups in total. The van der Waals surface area contributed by atoms with Gasteiger partial charge >= 0.3 is 0 Å². The molecule has 4 aromatic rings. The smallest absolute Gasteiger partial charge is 0.264 e. The lowest BCUT2D eigenvalue weighted by molar-refractivity contribution is -0.140. The number of sulfonamides is 1. The number of benzene rings is 4. The first-order valence-corrected chi connectivity index (χ1v) is 16.5. The number of amides is 2. The summed E-state index contributed by atoms with van der Waals surface area (Å²) >= 11 is 12.8. The van der Waals surface area contributed by atoms with Crippen molar-refractivity contribution in [1.29, 1.82) is 0 Å². The van der Waals surface area contributed by atoms with Gasteiger partial charge in [-0.1, -0.05) is 108 Å². The van der Waals surface area contributed by atoms with Crippen LogP contribution in [0, 0.1) is 6.92 Å². The molecule has 0 saturated carbocycles. The number of aryl methyl sites for hydroxylation is 1. The van der Waals surface area contributed by atoms with E-state index in [9.17, 15) is 18.0 Å². The van der Waals surface area contributed by atoms with Gasteiger partial charge in [0, 0.05) is 24.5 Å². The summed E-state index contributed by atoms with van der Waals surface area (Å²) in [6.07, 6.45) is 0.948. The van der Waals surface area contributed by atoms with Crippen LogP contribution in [-0.4, -0.2) is 44.3 Å². The molecule has 4 rings (SSSR count). The molecule has 0 aliphatic heterocycles. The Balaban J connectivity index is 1.82. The number of hydrogen-bond donors (Lipinski definition) is 1. The number of carbonyl (C=O) groups excluding carboxylic acids is 2. The average molecular weight is 653 g/mol. The highest BCUT2D eigenvalue weighted by molar-refractivity contribution is 7.92. The van der Waals surface area contributed by atoms with E-state index in [0.717, 1.165) is 21.0 Å². The Morgan fingerprint density at radius 2 is 1.50 bits per heavy atom. The van der Waals surface area contributed by atoms with Crippen LogP contribution in [0.2, 0.25) is 10.0 Å². The molecule has 0 radical (unpaired) electrons. The van der Waals surface area contributed by atoms with Crippen molar-refractivity contribution in [3.8, 4) is 0 Å². The average Bonchev–Trinajstić information content (AvgIpc) is 3.02. The first kappa shape index (κ1) is 33.1. The third-order valence-corrected chi connectivity index (χ3v) is 9.37. The van der Waals surface area contributed by atoms with E-state index in [1.54, 1.807) is 24.3 Å². The summed E-state index contributed by atoms with van der Waals surface area (Å²) in [5, 5.41) is 3.30. The predicted molar refractivity (Wildman–Crippen MR) is 176 cm³/mol. The zero-order valence-corrected chi connectivity index (χ0v) is 26.9. The second kappa shape index (κ2) is 15.2. The van der Waals surface area contributed by atoms with Gasteiger partial charge in [0.25, 0.3) is 10.0 Å². The van der Waals surface area contributed by atoms with E-state index in [2.05, 4.69) is 5.32 Å². The molecular formula is C34H35Cl2N3O4S. The molecule has 0 bridgehead atoms. The highest BCUT2D eigenvalue weighted by atomic mass is 35.5. The molecular weight excluding hydrogens is 617 g/mol. The summed E-state index contributed by atoms with van der Waals surface area (Å²) in [5.41, 5.74) is 2.71. The summed E-state index contributed by atoms with van der Waals surface area (Å²) in [6.45, 7) is 3.79. The molecule has 0 fully saturated rings. The third-order valence-electron chi connectivity index (χ3n) is 7.04. The summed E-state index contributed by atoms with van der Waals surface area (Å²) in [7, 11) is -4.28. The summed E-state index contributed by atoms with van der Waals surface area (Å²) in [5.74, 6) is -0.899. The van der Waals surface area contributed by atoms with E-state index in [4.69, 9.17) is 23.2 Å². The van der Waals surface area contributed by atoms with Gasteiger partial charge in [-0.05, 0) is 54.8 Å². The quantitative estimate of drug-likeness (QED) is 0.175. The van der Waals surface area contributed by atoms with E-state index in [-0.39, 0.29) is 39.5 Å². The highest BCUT2D eigenvalue weighted by Gasteiger charge is 2.35. The van der Waals surface area contributed by atoms with Gasteiger partial charge in [-0.2, -0.15) is 0 Å². The van der Waals surface area contributed by atoms with E-state index >= 15 is 0 Å². The SMILES string of the molecule is CCCNC(=O)C(Cc1ccccc1)N(Cc1cccc(C)c1)C(=O)CN(c1cc(Cl)ccc1Cl)S(=O)(=O)c1ccccc1. The Hall–Kier alpha value is -3.85. The molecule has 7 nitrogen and oxygen atoms in total. The van der Waals surface area contributed by atoms with Gasteiger partial charge in [-0.3, -0.25) is 13.9 Å². The summed E-state index contributed by atoms with van der Waals surface area (Å²) in [6, 6.07) is 28.4. The van der Waals surface area contributed by atoms with Crippen LogP contribution in [0.25, 0.3) is 0 Å². The monoisotopic (exact) mass is 651 g/mol. The van der Waals surface area contributed by atoms with Crippen molar-refractivity contribution in [3.63, 3.8) is 0 Å². The van der Waals surface area contributed by atoms with Gasteiger partial charge in [0.05, 0.1) is 15.6 Å². The largest absolute Gasteiger partial charge is 0.354 e. The van der Waals surface area contributed by atoms with Crippen molar-refractivity contribution in [2.24, 2.45) is 0 Å². The molecule has 230 valence electrons. The van der Waals surface area contributed by atoms with Crippen LogP contribution in [0.1, 0.15) is 30.0 Å². The molecule has 0 heterocycles. The molecule has 2 amide bonds. The Morgan fingerprint density at radius 3 is 2.16 bits per heavy atom. The van der Waals surface area contributed by atoms with Crippen LogP contribution in [-0.2, 0) is 32.6 Å². The van der Waals surface area contributed by atoms with Crippen molar-refractivity contribution in [3.05, 3.63) is 130 Å². The van der Waals surface area contributed by atoms with Crippen molar-refractivity contribution >= 4 is 50.7 Å². The lowest BCUT2D eigenvalue weighted by Crippen LogP contribution is -2.53. The van der Waals surface area contributed by atoms with Gasteiger partial charge in [-0.25, -0.2) is 8.42 Å². The standard InChI is InChI=1S/C34H35Cl2N3O4S/c1-3-19-37-34(41)32(21-26-12-6-4-7-13-26)38(23-27-14-10-11-25(2)20-27)33(40)24-39(31-22-28(35)17-18-30(31)36)44(42,43)29-15-8-5-9-16-29/h4-18,20,22,32H,3,19,21,23-24H2,1-2H3,(H,37,41). The van der Waals surface area contributed by atoms with Gasteiger partial charge in [0.15, 0.2) is 0 Å². The second-order valence-corrected chi connectivity index (χ2v) is 13.1. The van der Waals surface area contributed by atoms with Crippen molar-refractivity contribution < 1.29 is 18.0 Å².